The Kier molecular flexibility index (Phi) is 9.10. The van der Waals surface area contributed by atoms with Crippen LogP contribution in [0, 0.1) is 17.8 Å². The van der Waals surface area contributed by atoms with Crippen LogP contribution in [0.5, 0.6) is 5.88 Å². The number of ether oxygens (including phenoxy) is 1. The van der Waals surface area contributed by atoms with Crippen molar-refractivity contribution in [1.82, 2.24) is 19.9 Å². The Balaban J connectivity index is 0.000000190. The average Bonchev–Trinajstić information content (AvgIpc) is 4.03. The van der Waals surface area contributed by atoms with E-state index in [-0.39, 0.29) is 47.6 Å². The number of H-pyrrole nitrogens is 1. The molecule has 13 nitrogen and oxygen atoms in total. The number of benzene rings is 5. The van der Waals surface area contributed by atoms with E-state index in [1.165, 1.54) is 4.90 Å². The largest absolute Gasteiger partial charge is 0.494 e. The first-order valence-corrected chi connectivity index (χ1v) is 20.6. The van der Waals surface area contributed by atoms with Gasteiger partial charge in [-0.1, -0.05) is 74.5 Å². The molecule has 11 rings (SSSR count). The van der Waals surface area contributed by atoms with E-state index in [1.54, 1.807) is 60.0 Å². The zero-order valence-corrected chi connectivity index (χ0v) is 34.0. The maximum atomic E-state index is 14.5. The number of carbonyl (C=O) groups excluding carboxylic acids is 4. The number of aromatic amines is 1. The van der Waals surface area contributed by atoms with Gasteiger partial charge in [0.15, 0.2) is 5.88 Å². The Labute approximate surface area is 354 Å². The minimum atomic E-state index is -1.18. The number of imide groups is 1. The zero-order chi connectivity index (χ0) is 43.0. The summed E-state index contributed by atoms with van der Waals surface area (Å²) in [6.45, 7) is 6.15. The number of amides is 2. The molecule has 2 aromatic heterocycles. The molecule has 3 N–H and O–H groups in total. The third-order valence-corrected chi connectivity index (χ3v) is 12.2. The molecule has 5 aromatic carbocycles. The number of Topliss-reactive ketones (excluding diaryl/α,β-unsaturated/α-hetero) is 1. The molecule has 0 bridgehead atoms. The summed E-state index contributed by atoms with van der Waals surface area (Å²) in [5.41, 5.74) is 4.06. The molecule has 0 radical (unpaired) electrons. The molecule has 1 spiro atoms. The molecule has 308 valence electrons. The highest BCUT2D eigenvalue weighted by Gasteiger charge is 2.69. The molecule has 2 fully saturated rings. The van der Waals surface area contributed by atoms with E-state index in [9.17, 15) is 29.1 Å². The number of ketones is 1. The van der Waals surface area contributed by atoms with Crippen molar-refractivity contribution in [2.75, 3.05) is 11.5 Å². The van der Waals surface area contributed by atoms with Crippen LogP contribution in [0.25, 0.3) is 27.5 Å². The second kappa shape index (κ2) is 14.6. The van der Waals surface area contributed by atoms with Gasteiger partial charge in [0.1, 0.15) is 17.1 Å². The van der Waals surface area contributed by atoms with Gasteiger partial charge in [-0.2, -0.15) is 0 Å². The topological polar surface area (TPSA) is 176 Å². The minimum absolute atomic E-state index is 0.0221. The molecule has 13 heteroatoms. The van der Waals surface area contributed by atoms with E-state index in [0.717, 1.165) is 16.5 Å². The van der Waals surface area contributed by atoms with Gasteiger partial charge in [0.2, 0.25) is 17.6 Å². The van der Waals surface area contributed by atoms with Gasteiger partial charge in [0.25, 0.3) is 5.56 Å². The molecule has 4 aliphatic rings. The lowest BCUT2D eigenvalue weighted by molar-refractivity contribution is -0.123. The summed E-state index contributed by atoms with van der Waals surface area (Å²) in [7, 11) is 0. The molecule has 0 aliphatic carbocycles. The van der Waals surface area contributed by atoms with Crippen LogP contribution < -0.4 is 15.8 Å². The number of rotatable bonds is 6. The number of nitrogens with one attached hydrogen (secondary N) is 2. The minimum Gasteiger partial charge on any atom is -0.494 e. The van der Waals surface area contributed by atoms with Crippen LogP contribution in [0.1, 0.15) is 64.9 Å². The molecule has 6 heterocycles. The quantitative estimate of drug-likeness (QED) is 0.116. The maximum absolute atomic E-state index is 14.5. The lowest BCUT2D eigenvalue weighted by atomic mass is 9.75. The number of nitrogens with zero attached hydrogens (tertiary/aromatic N) is 4. The Bertz CT molecular complexity index is 3130. The van der Waals surface area contributed by atoms with E-state index in [4.69, 9.17) is 9.72 Å². The van der Waals surface area contributed by atoms with Crippen LogP contribution in [-0.4, -0.2) is 61.6 Å². The monoisotopic (exact) mass is 824 g/mol. The number of hydrogen-bond acceptors (Lipinski definition) is 10. The van der Waals surface area contributed by atoms with E-state index >= 15 is 0 Å². The standard InChI is InChI=1S/C33H30N4O5.C16H10N2O2/c1-4-42-31(41)19-13-15-20(16-14-19)36-29(39)26-24(17-18(2)3)35-33(27(26)30(36)40)22-10-6-8-12-25(22)37-28(38)21-9-5-7-11-23(21)34-32(33)37;19-15-10-6-2-4-8-12(10)17-14(15)13-9-5-1-3-7-11(9)18-16(13)20/h5-16,18,24,26-27,35H,4,17H2,1-3H3;1-8,18,20H/t24?,26-,27+,33?;/m0./s1. The second-order valence-corrected chi connectivity index (χ2v) is 16.3. The van der Waals surface area contributed by atoms with Gasteiger partial charge in [0.05, 0.1) is 57.5 Å². The highest BCUT2D eigenvalue weighted by Crippen LogP contribution is 2.56. The second-order valence-electron chi connectivity index (χ2n) is 16.3. The van der Waals surface area contributed by atoms with Crippen molar-refractivity contribution in [2.45, 2.75) is 38.8 Å². The van der Waals surface area contributed by atoms with Gasteiger partial charge in [-0.3, -0.25) is 29.1 Å². The Morgan fingerprint density at radius 3 is 2.29 bits per heavy atom. The first-order chi connectivity index (χ1) is 30.0. The van der Waals surface area contributed by atoms with E-state index in [0.29, 0.717) is 62.6 Å². The maximum Gasteiger partial charge on any atom is 0.338 e. The van der Waals surface area contributed by atoms with Crippen molar-refractivity contribution < 1.29 is 29.0 Å². The van der Waals surface area contributed by atoms with Gasteiger partial charge in [-0.15, -0.1) is 0 Å². The van der Waals surface area contributed by atoms with E-state index < -0.39 is 23.3 Å². The van der Waals surface area contributed by atoms with E-state index in [2.05, 4.69) is 29.1 Å². The molecule has 4 aliphatic heterocycles. The zero-order valence-electron chi connectivity index (χ0n) is 34.0. The summed E-state index contributed by atoms with van der Waals surface area (Å²) in [5.74, 6) is -2.15. The third-order valence-electron chi connectivity index (χ3n) is 12.2. The van der Waals surface area contributed by atoms with Crippen molar-refractivity contribution >= 4 is 62.5 Å². The first-order valence-electron chi connectivity index (χ1n) is 20.6. The third kappa shape index (κ3) is 5.68. The van der Waals surface area contributed by atoms with Gasteiger partial charge in [-0.05, 0) is 79.9 Å². The number of para-hydroxylation sites is 4. The fourth-order valence-electron chi connectivity index (χ4n) is 9.74. The van der Waals surface area contributed by atoms with Crippen molar-refractivity contribution in [3.05, 3.63) is 160 Å². The molecule has 7 aromatic rings. The first kappa shape index (κ1) is 38.7. The predicted molar refractivity (Wildman–Crippen MR) is 233 cm³/mol. The van der Waals surface area contributed by atoms with Crippen molar-refractivity contribution in [3.63, 3.8) is 0 Å². The van der Waals surface area contributed by atoms with Crippen LogP contribution in [0.3, 0.4) is 0 Å². The molecule has 2 saturated heterocycles. The highest BCUT2D eigenvalue weighted by atomic mass is 16.5. The fourth-order valence-corrected chi connectivity index (χ4v) is 9.74. The van der Waals surface area contributed by atoms with Crippen molar-refractivity contribution in [3.8, 4) is 11.6 Å². The molecule has 62 heavy (non-hydrogen) atoms. The van der Waals surface area contributed by atoms with E-state index in [1.807, 2.05) is 72.8 Å². The molecule has 2 amide bonds. The number of aromatic hydroxyl groups is 1. The van der Waals surface area contributed by atoms with Gasteiger partial charge < -0.3 is 14.8 Å². The number of aliphatic imine (C=N–C) groups is 1. The van der Waals surface area contributed by atoms with Gasteiger partial charge in [-0.25, -0.2) is 19.7 Å². The summed E-state index contributed by atoms with van der Waals surface area (Å²) in [5, 5.41) is 15.1. The SMILES string of the molecule is CCOC(=O)c1ccc(N2C(=O)[C@H]3C(CC(C)C)NC4(c5ccccc5-n5c4nc4ccccc4c5=O)[C@H]3C2=O)cc1.O=C1C(c2c(O)[nH]c3ccccc23)=Nc2ccccc21. The molecule has 2 unspecified atom stereocenters. The number of carbonyl (C=O) groups is 4. The predicted octanol–water partition coefficient (Wildman–Crippen LogP) is 7.13. The van der Waals surface area contributed by atoms with Crippen LogP contribution in [0.15, 0.2) is 131 Å². The number of esters is 1. The fraction of sp³-hybridized carbons (Fsp3) is 0.204. The molecule has 0 saturated carbocycles. The molecular weight excluding hydrogens is 785 g/mol. The Morgan fingerprint density at radius 2 is 1.53 bits per heavy atom. The number of fused-ring (bicyclic) bond motifs is 10. The molecular formula is C49H40N6O7. The summed E-state index contributed by atoms with van der Waals surface area (Å²) < 4.78 is 6.69. The van der Waals surface area contributed by atoms with Crippen LogP contribution >= 0.6 is 0 Å². The number of hydrogen-bond donors (Lipinski definition) is 3. The van der Waals surface area contributed by atoms with Gasteiger partial charge >= 0.3 is 5.97 Å². The lowest BCUT2D eigenvalue weighted by Gasteiger charge is -2.32. The smallest absolute Gasteiger partial charge is 0.338 e. The normalized spacial score (nSPS) is 20.6. The highest BCUT2D eigenvalue weighted by molar-refractivity contribution is 6.56. The summed E-state index contributed by atoms with van der Waals surface area (Å²) in [6.07, 6.45) is 0.650. The molecule has 4 atom stereocenters. The van der Waals surface area contributed by atoms with Crippen LogP contribution in [-0.2, 0) is 19.9 Å². The summed E-state index contributed by atoms with van der Waals surface area (Å²) >= 11 is 0. The Morgan fingerprint density at radius 1 is 0.839 bits per heavy atom. The summed E-state index contributed by atoms with van der Waals surface area (Å²) in [4.78, 5) is 80.9. The lowest BCUT2D eigenvalue weighted by Crippen LogP contribution is -2.50. The van der Waals surface area contributed by atoms with Crippen LogP contribution in [0.4, 0.5) is 11.4 Å². The number of anilines is 1. The van der Waals surface area contributed by atoms with Crippen LogP contribution in [0.2, 0.25) is 0 Å². The average molecular weight is 825 g/mol. The number of aromatic nitrogens is 3. The van der Waals surface area contributed by atoms with Gasteiger partial charge in [0, 0.05) is 28.1 Å². The van der Waals surface area contributed by atoms with Crippen molar-refractivity contribution in [2.24, 2.45) is 22.7 Å². The Hall–Kier alpha value is -7.51. The van der Waals surface area contributed by atoms with Crippen molar-refractivity contribution in [1.29, 1.82) is 0 Å². The summed E-state index contributed by atoms with van der Waals surface area (Å²) in [6, 6.07) is 35.4.